The zero-order valence-corrected chi connectivity index (χ0v) is 13.7. The first-order chi connectivity index (χ1) is 7.74. The van der Waals surface area contributed by atoms with Gasteiger partial charge in [0.25, 0.3) is 0 Å². The van der Waals surface area contributed by atoms with Crippen molar-refractivity contribution in [3.63, 3.8) is 0 Å². The Labute approximate surface area is 135 Å². The van der Waals surface area contributed by atoms with Crippen LogP contribution in [0.5, 0.6) is 5.75 Å². The van der Waals surface area contributed by atoms with E-state index >= 15 is 0 Å². The Bertz CT molecular complexity index is 451. The molecule has 0 aromatic heterocycles. The van der Waals surface area contributed by atoms with E-state index in [0.717, 1.165) is 11.3 Å². The van der Waals surface area contributed by atoms with Gasteiger partial charge in [0.1, 0.15) is 5.75 Å². The molecule has 2 aromatic rings. The Hall–Kier alpha value is -0.514. The van der Waals surface area contributed by atoms with E-state index in [-0.39, 0.29) is 40.0 Å². The smallest absolute Gasteiger partial charge is 1.00 e. The SMILES string of the molecule is Cc1cc(C)cc(OCc2c[c-]ccc2)c1.[Br-].[Mg+2]. The molecule has 0 amide bonds. The van der Waals surface area contributed by atoms with Gasteiger partial charge in [0, 0.05) is 0 Å². The van der Waals surface area contributed by atoms with Gasteiger partial charge in [-0.1, -0.05) is 6.07 Å². The maximum absolute atomic E-state index is 5.73. The molecule has 0 bridgehead atoms. The number of aryl methyl sites for hydroxylation is 2. The Morgan fingerprint density at radius 2 is 1.78 bits per heavy atom. The minimum absolute atomic E-state index is 0. The topological polar surface area (TPSA) is 9.23 Å². The van der Waals surface area contributed by atoms with Crippen LogP contribution in [-0.4, -0.2) is 23.1 Å². The maximum Gasteiger partial charge on any atom is 2.00 e. The number of ether oxygens (including phenoxy) is 1. The Balaban J connectivity index is 0.00000144. The van der Waals surface area contributed by atoms with Crippen molar-refractivity contribution in [2.24, 2.45) is 0 Å². The standard InChI is InChI=1S/C15H15O.BrH.Mg/c1-12-8-13(2)10-15(9-12)16-11-14-6-4-3-5-7-14;;/h3-4,6-10H,11H2,1-2H3;1H;/q-1;;+2/p-1. The third-order valence-corrected chi connectivity index (χ3v) is 2.37. The van der Waals surface area contributed by atoms with E-state index in [9.17, 15) is 0 Å². The molecule has 0 atom stereocenters. The van der Waals surface area contributed by atoms with Crippen molar-refractivity contribution < 1.29 is 21.7 Å². The van der Waals surface area contributed by atoms with Gasteiger partial charge in [0.2, 0.25) is 0 Å². The fourth-order valence-corrected chi connectivity index (χ4v) is 1.70. The molecule has 18 heavy (non-hydrogen) atoms. The van der Waals surface area contributed by atoms with Crippen LogP contribution in [0.15, 0.2) is 42.5 Å². The number of hydrogen-bond donors (Lipinski definition) is 0. The monoisotopic (exact) mass is 314 g/mol. The fourth-order valence-electron chi connectivity index (χ4n) is 1.70. The summed E-state index contributed by atoms with van der Waals surface area (Å²) in [6.45, 7) is 4.76. The van der Waals surface area contributed by atoms with Crippen LogP contribution in [0, 0.1) is 19.9 Å². The van der Waals surface area contributed by atoms with E-state index < -0.39 is 0 Å². The first-order valence-electron chi connectivity index (χ1n) is 5.40. The summed E-state index contributed by atoms with van der Waals surface area (Å²) in [5, 5.41) is 0. The van der Waals surface area contributed by atoms with E-state index in [2.05, 4.69) is 38.1 Å². The third-order valence-electron chi connectivity index (χ3n) is 2.37. The second kappa shape index (κ2) is 8.56. The molecule has 0 aliphatic heterocycles. The van der Waals surface area contributed by atoms with Gasteiger partial charge in [0.15, 0.2) is 0 Å². The summed E-state index contributed by atoms with van der Waals surface area (Å²) < 4.78 is 5.73. The minimum atomic E-state index is 0. The molecule has 0 unspecified atom stereocenters. The van der Waals surface area contributed by atoms with Crippen LogP contribution >= 0.6 is 0 Å². The summed E-state index contributed by atoms with van der Waals surface area (Å²) in [5.41, 5.74) is 3.60. The van der Waals surface area contributed by atoms with Crippen LogP contribution in [0.4, 0.5) is 0 Å². The zero-order chi connectivity index (χ0) is 11.4. The van der Waals surface area contributed by atoms with Crippen molar-refractivity contribution in [3.05, 3.63) is 65.2 Å². The van der Waals surface area contributed by atoms with Gasteiger partial charge >= 0.3 is 23.1 Å². The minimum Gasteiger partial charge on any atom is -1.00 e. The quantitative estimate of drug-likeness (QED) is 0.585. The molecule has 1 nitrogen and oxygen atoms in total. The van der Waals surface area contributed by atoms with Crippen molar-refractivity contribution in [2.75, 3.05) is 0 Å². The maximum atomic E-state index is 5.73. The molecule has 0 aliphatic rings. The predicted molar refractivity (Wildman–Crippen MR) is 71.3 cm³/mol. The van der Waals surface area contributed by atoms with Gasteiger partial charge in [-0.2, -0.15) is 30.3 Å². The number of benzene rings is 2. The largest absolute Gasteiger partial charge is 2.00 e. The van der Waals surface area contributed by atoms with Crippen LogP contribution in [0.1, 0.15) is 16.7 Å². The van der Waals surface area contributed by atoms with E-state index in [0.29, 0.717) is 6.61 Å². The summed E-state index contributed by atoms with van der Waals surface area (Å²) in [6, 6.07) is 17.1. The molecule has 0 heterocycles. The molecular formula is C15H15BrMgO. The van der Waals surface area contributed by atoms with Gasteiger partial charge in [-0.15, -0.1) is 5.56 Å². The van der Waals surface area contributed by atoms with Gasteiger partial charge in [0.05, 0.1) is 6.61 Å². The molecule has 0 N–H and O–H groups in total. The normalized spacial score (nSPS) is 9.00. The summed E-state index contributed by atoms with van der Waals surface area (Å²) in [7, 11) is 0. The van der Waals surface area contributed by atoms with Crippen LogP contribution in [-0.2, 0) is 6.61 Å². The van der Waals surface area contributed by atoms with Gasteiger partial charge < -0.3 is 21.7 Å². The summed E-state index contributed by atoms with van der Waals surface area (Å²) in [5.74, 6) is 0.932. The summed E-state index contributed by atoms with van der Waals surface area (Å²) >= 11 is 0. The molecule has 2 rings (SSSR count). The first kappa shape index (κ1) is 17.5. The Kier molecular flexibility index (Phi) is 8.32. The van der Waals surface area contributed by atoms with Crippen molar-refractivity contribution in [1.82, 2.24) is 0 Å². The first-order valence-corrected chi connectivity index (χ1v) is 5.40. The molecule has 2 aromatic carbocycles. The van der Waals surface area contributed by atoms with E-state index in [1.807, 2.05) is 24.3 Å². The van der Waals surface area contributed by atoms with Gasteiger partial charge in [-0.25, -0.2) is 0 Å². The second-order valence-corrected chi connectivity index (χ2v) is 4.02. The molecular weight excluding hydrogens is 300 g/mol. The molecule has 0 aliphatic carbocycles. The molecule has 0 spiro atoms. The van der Waals surface area contributed by atoms with E-state index in [1.165, 1.54) is 11.1 Å². The number of hydrogen-bond acceptors (Lipinski definition) is 1. The molecule has 3 heteroatoms. The second-order valence-electron chi connectivity index (χ2n) is 4.02. The van der Waals surface area contributed by atoms with Crippen molar-refractivity contribution in [3.8, 4) is 5.75 Å². The third kappa shape index (κ3) is 5.42. The molecule has 90 valence electrons. The average molecular weight is 315 g/mol. The van der Waals surface area contributed by atoms with Gasteiger partial charge in [-0.05, 0) is 37.1 Å². The van der Waals surface area contributed by atoms with Crippen LogP contribution in [0.25, 0.3) is 0 Å². The number of halogens is 1. The van der Waals surface area contributed by atoms with Crippen LogP contribution in [0.2, 0.25) is 0 Å². The van der Waals surface area contributed by atoms with E-state index in [1.54, 1.807) is 0 Å². The van der Waals surface area contributed by atoms with Crippen LogP contribution < -0.4 is 21.7 Å². The summed E-state index contributed by atoms with van der Waals surface area (Å²) in [6.07, 6.45) is 0. The molecule has 0 saturated heterocycles. The molecule has 0 radical (unpaired) electrons. The molecule has 0 saturated carbocycles. The van der Waals surface area contributed by atoms with Gasteiger partial charge in [-0.3, -0.25) is 0 Å². The summed E-state index contributed by atoms with van der Waals surface area (Å²) in [4.78, 5) is 0. The van der Waals surface area contributed by atoms with Crippen molar-refractivity contribution in [1.29, 1.82) is 0 Å². The predicted octanol–water partition coefficient (Wildman–Crippen LogP) is 0.306. The Morgan fingerprint density at radius 1 is 1.11 bits per heavy atom. The van der Waals surface area contributed by atoms with E-state index in [4.69, 9.17) is 4.74 Å². The Morgan fingerprint density at radius 3 is 2.33 bits per heavy atom. The molecule has 0 fully saturated rings. The van der Waals surface area contributed by atoms with Crippen molar-refractivity contribution >= 4 is 23.1 Å². The zero-order valence-electron chi connectivity index (χ0n) is 10.7. The fraction of sp³-hybridized carbons (Fsp3) is 0.200. The van der Waals surface area contributed by atoms with Crippen LogP contribution in [0.3, 0.4) is 0 Å². The van der Waals surface area contributed by atoms with Crippen molar-refractivity contribution in [2.45, 2.75) is 20.5 Å². The average Bonchev–Trinajstić information content (AvgIpc) is 2.27. The number of rotatable bonds is 3.